The summed E-state index contributed by atoms with van der Waals surface area (Å²) in [6.45, 7) is 4.15. The van der Waals surface area contributed by atoms with Gasteiger partial charge in [0.1, 0.15) is 18.2 Å². The van der Waals surface area contributed by atoms with Crippen LogP contribution in [0.25, 0.3) is 0 Å². The van der Waals surface area contributed by atoms with Crippen molar-refractivity contribution in [1.29, 1.82) is 0 Å². The van der Waals surface area contributed by atoms with Crippen LogP contribution in [-0.2, 0) is 23.7 Å². The molecular formula is C19H28FIN6O. The van der Waals surface area contributed by atoms with Crippen LogP contribution in [0.1, 0.15) is 30.1 Å². The number of rotatable bonds is 8. The zero-order valence-electron chi connectivity index (χ0n) is 16.5. The largest absolute Gasteiger partial charge is 0.383 e. The Hall–Kier alpha value is -1.75. The van der Waals surface area contributed by atoms with Gasteiger partial charge in [-0.3, -0.25) is 0 Å². The van der Waals surface area contributed by atoms with Crippen molar-refractivity contribution in [3.63, 3.8) is 0 Å². The van der Waals surface area contributed by atoms with Gasteiger partial charge in [0.05, 0.1) is 6.61 Å². The molecule has 1 aromatic heterocycles. The topological polar surface area (TPSA) is 76.4 Å². The van der Waals surface area contributed by atoms with Crippen LogP contribution in [0.4, 0.5) is 4.39 Å². The first-order chi connectivity index (χ1) is 13.1. The third-order valence-corrected chi connectivity index (χ3v) is 5.05. The highest BCUT2D eigenvalue weighted by molar-refractivity contribution is 14.0. The molecular weight excluding hydrogens is 474 g/mol. The van der Waals surface area contributed by atoms with Gasteiger partial charge in [-0.15, -0.1) is 34.2 Å². The Morgan fingerprint density at radius 3 is 2.64 bits per heavy atom. The lowest BCUT2D eigenvalue weighted by Gasteiger charge is -2.19. The Balaban J connectivity index is 0.00000280. The summed E-state index contributed by atoms with van der Waals surface area (Å²) in [5, 5.41) is 14.8. The van der Waals surface area contributed by atoms with Crippen molar-refractivity contribution in [3.05, 3.63) is 47.3 Å². The predicted molar refractivity (Wildman–Crippen MR) is 117 cm³/mol. The van der Waals surface area contributed by atoms with Crippen LogP contribution in [0.3, 0.4) is 0 Å². The van der Waals surface area contributed by atoms with Gasteiger partial charge in [-0.05, 0) is 31.4 Å². The summed E-state index contributed by atoms with van der Waals surface area (Å²) in [5.41, 5.74) is 0.619. The van der Waals surface area contributed by atoms with E-state index in [0.717, 1.165) is 30.1 Å². The Morgan fingerprint density at radius 1 is 1.29 bits per heavy atom. The van der Waals surface area contributed by atoms with Crippen LogP contribution < -0.4 is 10.6 Å². The van der Waals surface area contributed by atoms with E-state index in [2.05, 4.69) is 25.8 Å². The van der Waals surface area contributed by atoms with E-state index in [4.69, 9.17) is 4.74 Å². The molecule has 0 unspecified atom stereocenters. The first-order valence-electron chi connectivity index (χ1n) is 9.17. The van der Waals surface area contributed by atoms with Gasteiger partial charge < -0.3 is 19.9 Å². The number of guanidine groups is 1. The zero-order chi connectivity index (χ0) is 19.3. The number of nitrogens with one attached hydrogen (secondary N) is 2. The van der Waals surface area contributed by atoms with Gasteiger partial charge in [-0.2, -0.15) is 0 Å². The summed E-state index contributed by atoms with van der Waals surface area (Å²) in [7, 11) is 3.58. The maximum atomic E-state index is 14.2. The number of methoxy groups -OCH3 is 1. The molecule has 2 N–H and O–H groups in total. The highest BCUT2D eigenvalue weighted by atomic mass is 127. The molecule has 3 rings (SSSR count). The molecule has 1 fully saturated rings. The SMILES string of the molecule is COCCNC(=NCc1nnc(C)n1C)NCC1(c2ccccc2F)CC1.I. The summed E-state index contributed by atoms with van der Waals surface area (Å²) in [6.07, 6.45) is 1.93. The van der Waals surface area contributed by atoms with Crippen molar-refractivity contribution in [2.45, 2.75) is 31.7 Å². The number of hydrogen-bond donors (Lipinski definition) is 2. The third-order valence-electron chi connectivity index (χ3n) is 5.05. The molecule has 1 aliphatic carbocycles. The number of aryl methyl sites for hydroxylation is 1. The molecule has 0 spiro atoms. The number of ether oxygens (including phenoxy) is 1. The van der Waals surface area contributed by atoms with E-state index in [1.54, 1.807) is 13.2 Å². The number of halogens is 2. The first kappa shape index (κ1) is 22.5. The minimum Gasteiger partial charge on any atom is -0.383 e. The number of aromatic nitrogens is 3. The van der Waals surface area contributed by atoms with Gasteiger partial charge in [0.2, 0.25) is 0 Å². The summed E-state index contributed by atoms with van der Waals surface area (Å²) in [4.78, 5) is 4.61. The van der Waals surface area contributed by atoms with Crippen molar-refractivity contribution in [2.75, 3.05) is 26.8 Å². The second-order valence-electron chi connectivity index (χ2n) is 6.92. The number of hydrogen-bond acceptors (Lipinski definition) is 4. The smallest absolute Gasteiger partial charge is 0.191 e. The van der Waals surface area contributed by atoms with Crippen LogP contribution in [0, 0.1) is 12.7 Å². The minimum atomic E-state index is -0.156. The molecule has 154 valence electrons. The normalized spacial score (nSPS) is 15.1. The van der Waals surface area contributed by atoms with Crippen molar-refractivity contribution in [3.8, 4) is 0 Å². The van der Waals surface area contributed by atoms with E-state index < -0.39 is 0 Å². The second kappa shape index (κ2) is 10.1. The highest BCUT2D eigenvalue weighted by Crippen LogP contribution is 2.48. The van der Waals surface area contributed by atoms with Crippen molar-refractivity contribution >= 4 is 29.9 Å². The summed E-state index contributed by atoms with van der Waals surface area (Å²) >= 11 is 0. The average molecular weight is 502 g/mol. The fourth-order valence-electron chi connectivity index (χ4n) is 3.02. The fraction of sp³-hybridized carbons (Fsp3) is 0.526. The van der Waals surface area contributed by atoms with E-state index >= 15 is 0 Å². The zero-order valence-corrected chi connectivity index (χ0v) is 18.9. The molecule has 0 aliphatic heterocycles. The van der Waals surface area contributed by atoms with Crippen LogP contribution in [0.2, 0.25) is 0 Å². The Morgan fingerprint density at radius 2 is 2.04 bits per heavy atom. The van der Waals surface area contributed by atoms with E-state index in [1.807, 2.05) is 30.7 Å². The van der Waals surface area contributed by atoms with Crippen molar-refractivity contribution < 1.29 is 9.13 Å². The Bertz CT molecular complexity index is 805. The van der Waals surface area contributed by atoms with Gasteiger partial charge in [0.25, 0.3) is 0 Å². The lowest BCUT2D eigenvalue weighted by atomic mass is 9.95. The van der Waals surface area contributed by atoms with Crippen molar-refractivity contribution in [2.24, 2.45) is 12.0 Å². The molecule has 0 atom stereocenters. The van der Waals surface area contributed by atoms with Crippen LogP contribution in [0.15, 0.2) is 29.3 Å². The molecule has 0 amide bonds. The quantitative estimate of drug-likeness (QED) is 0.251. The van der Waals surface area contributed by atoms with Gasteiger partial charge in [0.15, 0.2) is 11.8 Å². The molecule has 1 heterocycles. The minimum absolute atomic E-state index is 0. The molecule has 7 nitrogen and oxygen atoms in total. The molecule has 1 aliphatic rings. The monoisotopic (exact) mass is 502 g/mol. The molecule has 9 heteroatoms. The average Bonchev–Trinajstić information content (AvgIpc) is 3.39. The second-order valence-corrected chi connectivity index (χ2v) is 6.92. The van der Waals surface area contributed by atoms with Gasteiger partial charge in [-0.25, -0.2) is 9.38 Å². The van der Waals surface area contributed by atoms with Gasteiger partial charge >= 0.3 is 0 Å². The van der Waals surface area contributed by atoms with Crippen LogP contribution in [-0.4, -0.2) is 47.5 Å². The fourth-order valence-corrected chi connectivity index (χ4v) is 3.02. The van der Waals surface area contributed by atoms with Gasteiger partial charge in [0, 0.05) is 32.7 Å². The molecule has 28 heavy (non-hydrogen) atoms. The summed E-state index contributed by atoms with van der Waals surface area (Å²) < 4.78 is 21.2. The predicted octanol–water partition coefficient (Wildman–Crippen LogP) is 2.29. The first-order valence-corrected chi connectivity index (χ1v) is 9.17. The van der Waals surface area contributed by atoms with E-state index in [0.29, 0.717) is 32.2 Å². The summed E-state index contributed by atoms with van der Waals surface area (Å²) in [6, 6.07) is 7.02. The number of nitrogens with zero attached hydrogens (tertiary/aromatic N) is 4. The Labute approximate surface area is 182 Å². The lowest BCUT2D eigenvalue weighted by molar-refractivity contribution is 0.203. The number of aliphatic imine (C=N–C) groups is 1. The van der Waals surface area contributed by atoms with E-state index in [-0.39, 0.29) is 35.2 Å². The Kier molecular flexibility index (Phi) is 8.17. The third kappa shape index (κ3) is 5.40. The number of benzene rings is 1. The van der Waals surface area contributed by atoms with Gasteiger partial charge in [-0.1, -0.05) is 18.2 Å². The maximum Gasteiger partial charge on any atom is 0.191 e. The van der Waals surface area contributed by atoms with Crippen molar-refractivity contribution in [1.82, 2.24) is 25.4 Å². The van der Waals surface area contributed by atoms with E-state index in [9.17, 15) is 4.39 Å². The molecule has 0 bridgehead atoms. The maximum absolute atomic E-state index is 14.2. The molecule has 1 saturated carbocycles. The summed E-state index contributed by atoms with van der Waals surface area (Å²) in [5.74, 6) is 2.15. The highest BCUT2D eigenvalue weighted by Gasteiger charge is 2.45. The van der Waals surface area contributed by atoms with E-state index in [1.165, 1.54) is 6.07 Å². The molecule has 1 aromatic carbocycles. The van der Waals surface area contributed by atoms with Crippen LogP contribution >= 0.6 is 24.0 Å². The molecule has 0 radical (unpaired) electrons. The molecule has 0 saturated heterocycles. The molecule has 2 aromatic rings. The standard InChI is InChI=1S/C19H27FN6O.HI/c1-14-24-25-17(26(14)2)12-22-18(21-10-11-27-3)23-13-19(8-9-19)15-6-4-5-7-16(15)20;/h4-7H,8-13H2,1-3H3,(H2,21,22,23);1H. The van der Waals surface area contributed by atoms with Crippen LogP contribution in [0.5, 0.6) is 0 Å². The lowest BCUT2D eigenvalue weighted by Crippen LogP contribution is -2.42.